The number of hydrogen-bond acceptors (Lipinski definition) is 4. The summed E-state index contributed by atoms with van der Waals surface area (Å²) < 4.78 is 5.25. The van der Waals surface area contributed by atoms with Crippen LogP contribution in [0.5, 0.6) is 0 Å². The van der Waals surface area contributed by atoms with Crippen molar-refractivity contribution in [3.63, 3.8) is 0 Å². The molecule has 1 aromatic carbocycles. The lowest BCUT2D eigenvalue weighted by Gasteiger charge is -2.27. The fraction of sp³-hybridized carbons (Fsp3) is 0.381. The number of rotatable bonds is 8. The van der Waals surface area contributed by atoms with Crippen molar-refractivity contribution >= 4 is 17.8 Å². The van der Waals surface area contributed by atoms with Crippen LogP contribution >= 0.6 is 0 Å². The lowest BCUT2D eigenvalue weighted by atomic mass is 9.85. The van der Waals surface area contributed by atoms with E-state index >= 15 is 0 Å². The summed E-state index contributed by atoms with van der Waals surface area (Å²) in [4.78, 5) is 40.9. The van der Waals surface area contributed by atoms with Crippen LogP contribution in [-0.4, -0.2) is 41.2 Å². The summed E-state index contributed by atoms with van der Waals surface area (Å²) in [5.74, 6) is -0.0780. The quantitative estimate of drug-likeness (QED) is 0.711. The maximum atomic E-state index is 13.3. The van der Waals surface area contributed by atoms with Gasteiger partial charge in [0.2, 0.25) is 5.91 Å². The van der Waals surface area contributed by atoms with Crippen molar-refractivity contribution in [1.82, 2.24) is 15.1 Å². The number of furan rings is 1. The van der Waals surface area contributed by atoms with Crippen LogP contribution in [0.1, 0.15) is 37.5 Å². The van der Waals surface area contributed by atoms with E-state index in [0.29, 0.717) is 12.2 Å². The van der Waals surface area contributed by atoms with Gasteiger partial charge in [-0.3, -0.25) is 14.5 Å². The van der Waals surface area contributed by atoms with Crippen molar-refractivity contribution in [3.05, 3.63) is 60.1 Å². The number of hydrogen-bond donors (Lipinski definition) is 1. The number of urea groups is 1. The van der Waals surface area contributed by atoms with Gasteiger partial charge in [0.1, 0.15) is 17.8 Å². The van der Waals surface area contributed by atoms with Crippen LogP contribution in [0.4, 0.5) is 4.79 Å². The molecule has 0 saturated carbocycles. The van der Waals surface area contributed by atoms with Crippen LogP contribution in [0.2, 0.25) is 0 Å². The number of amides is 4. The third-order valence-corrected chi connectivity index (χ3v) is 5.04. The molecule has 1 unspecified atom stereocenters. The topological polar surface area (TPSA) is 82.9 Å². The molecule has 1 N–H and O–H groups in total. The second kappa shape index (κ2) is 8.29. The number of imide groups is 1. The number of carbonyl (C=O) groups excluding carboxylic acids is 3. The van der Waals surface area contributed by atoms with Gasteiger partial charge in [0.25, 0.3) is 5.91 Å². The molecule has 1 aliphatic heterocycles. The molecule has 0 bridgehead atoms. The number of carbonyl (C=O) groups is 3. The van der Waals surface area contributed by atoms with Crippen molar-refractivity contribution in [2.24, 2.45) is 0 Å². The maximum absolute atomic E-state index is 13.3. The summed E-state index contributed by atoms with van der Waals surface area (Å²) in [5, 5.41) is 2.86. The summed E-state index contributed by atoms with van der Waals surface area (Å²) in [6.07, 6.45) is 3.70. The highest BCUT2D eigenvalue weighted by molar-refractivity contribution is 6.09. The standard InChI is InChI=1S/C21H25N3O4/c1-3-4-12-21(16-9-6-5-7-10-16)19(26)24(20(27)22-21)15-18(25)23(2)14-17-11-8-13-28-17/h5-11,13H,3-4,12,14-15H2,1-2H3,(H,22,27). The van der Waals surface area contributed by atoms with Gasteiger partial charge in [0.05, 0.1) is 12.8 Å². The Bertz CT molecular complexity index is 835. The van der Waals surface area contributed by atoms with Gasteiger partial charge in [-0.05, 0) is 24.1 Å². The molecular weight excluding hydrogens is 358 g/mol. The zero-order valence-corrected chi connectivity index (χ0v) is 16.2. The second-order valence-corrected chi connectivity index (χ2v) is 7.03. The van der Waals surface area contributed by atoms with Gasteiger partial charge in [-0.2, -0.15) is 0 Å². The Balaban J connectivity index is 1.78. The Morgan fingerprint density at radius 3 is 2.57 bits per heavy atom. The van der Waals surface area contributed by atoms with Crippen LogP contribution < -0.4 is 5.32 Å². The number of unbranched alkanes of at least 4 members (excludes halogenated alkanes) is 1. The third kappa shape index (κ3) is 3.78. The predicted octanol–water partition coefficient (Wildman–Crippen LogP) is 2.88. The van der Waals surface area contributed by atoms with E-state index in [1.165, 1.54) is 11.2 Å². The van der Waals surface area contributed by atoms with E-state index in [-0.39, 0.29) is 24.9 Å². The van der Waals surface area contributed by atoms with Gasteiger partial charge in [0, 0.05) is 7.05 Å². The summed E-state index contributed by atoms with van der Waals surface area (Å²) in [6.45, 7) is 2.00. The summed E-state index contributed by atoms with van der Waals surface area (Å²) in [6, 6.07) is 12.2. The molecule has 0 spiro atoms. The molecule has 3 rings (SSSR count). The summed E-state index contributed by atoms with van der Waals surface area (Å²) >= 11 is 0. The molecule has 0 radical (unpaired) electrons. The summed E-state index contributed by atoms with van der Waals surface area (Å²) in [5.41, 5.74) is -0.380. The van der Waals surface area contributed by atoms with E-state index in [9.17, 15) is 14.4 Å². The SMILES string of the molecule is CCCCC1(c2ccccc2)NC(=O)N(CC(=O)N(C)Cc2ccco2)C1=O. The average molecular weight is 383 g/mol. The van der Waals surface area contributed by atoms with Crippen molar-refractivity contribution in [1.29, 1.82) is 0 Å². The van der Waals surface area contributed by atoms with Crippen molar-refractivity contribution in [3.8, 4) is 0 Å². The van der Waals surface area contributed by atoms with E-state index in [1.54, 1.807) is 19.2 Å². The molecule has 4 amide bonds. The summed E-state index contributed by atoms with van der Waals surface area (Å²) in [7, 11) is 1.62. The molecule has 0 aliphatic carbocycles. The Morgan fingerprint density at radius 2 is 1.93 bits per heavy atom. The van der Waals surface area contributed by atoms with Crippen LogP contribution in [-0.2, 0) is 21.7 Å². The fourth-order valence-corrected chi connectivity index (χ4v) is 3.42. The first-order chi connectivity index (χ1) is 13.5. The molecule has 1 fully saturated rings. The monoisotopic (exact) mass is 383 g/mol. The first-order valence-electron chi connectivity index (χ1n) is 9.44. The number of nitrogens with zero attached hydrogens (tertiary/aromatic N) is 2. The number of likely N-dealkylation sites (N-methyl/N-ethyl adjacent to an activating group) is 1. The van der Waals surface area contributed by atoms with E-state index < -0.39 is 11.6 Å². The molecule has 1 aromatic heterocycles. The second-order valence-electron chi connectivity index (χ2n) is 7.03. The normalized spacial score (nSPS) is 19.0. The van der Waals surface area contributed by atoms with Crippen LogP contribution in [0, 0.1) is 0 Å². The van der Waals surface area contributed by atoms with Gasteiger partial charge in [-0.25, -0.2) is 4.79 Å². The van der Waals surface area contributed by atoms with Gasteiger partial charge >= 0.3 is 6.03 Å². The Labute approximate surface area is 164 Å². The highest BCUT2D eigenvalue weighted by Crippen LogP contribution is 2.34. The van der Waals surface area contributed by atoms with E-state index in [1.807, 2.05) is 37.3 Å². The van der Waals surface area contributed by atoms with E-state index in [4.69, 9.17) is 4.42 Å². The average Bonchev–Trinajstić information content (AvgIpc) is 3.29. The number of nitrogens with one attached hydrogen (secondary N) is 1. The van der Waals surface area contributed by atoms with Gasteiger partial charge < -0.3 is 14.6 Å². The highest BCUT2D eigenvalue weighted by atomic mass is 16.3. The molecule has 28 heavy (non-hydrogen) atoms. The van der Waals surface area contributed by atoms with Gasteiger partial charge in [-0.15, -0.1) is 0 Å². The fourth-order valence-electron chi connectivity index (χ4n) is 3.42. The molecular formula is C21H25N3O4. The van der Waals surface area contributed by atoms with Crippen molar-refractivity contribution < 1.29 is 18.8 Å². The first-order valence-corrected chi connectivity index (χ1v) is 9.44. The zero-order chi connectivity index (χ0) is 20.1. The zero-order valence-electron chi connectivity index (χ0n) is 16.2. The van der Waals surface area contributed by atoms with Crippen molar-refractivity contribution in [2.75, 3.05) is 13.6 Å². The molecule has 1 atom stereocenters. The van der Waals surface area contributed by atoms with Crippen LogP contribution in [0.3, 0.4) is 0 Å². The van der Waals surface area contributed by atoms with Gasteiger partial charge in [0.15, 0.2) is 0 Å². The smallest absolute Gasteiger partial charge is 0.325 e. The molecule has 7 nitrogen and oxygen atoms in total. The minimum Gasteiger partial charge on any atom is -0.467 e. The Kier molecular flexibility index (Phi) is 5.82. The molecule has 7 heteroatoms. The molecule has 1 aliphatic rings. The molecule has 2 aromatic rings. The first kappa shape index (κ1) is 19.7. The van der Waals surface area contributed by atoms with Crippen LogP contribution in [0.15, 0.2) is 53.1 Å². The minimum atomic E-state index is -1.12. The van der Waals surface area contributed by atoms with Crippen molar-refractivity contribution in [2.45, 2.75) is 38.3 Å². The maximum Gasteiger partial charge on any atom is 0.325 e. The van der Waals surface area contributed by atoms with Crippen LogP contribution in [0.25, 0.3) is 0 Å². The highest BCUT2D eigenvalue weighted by Gasteiger charge is 2.52. The number of benzene rings is 1. The third-order valence-electron chi connectivity index (χ3n) is 5.04. The Hall–Kier alpha value is -3.09. The van der Waals surface area contributed by atoms with Gasteiger partial charge in [-0.1, -0.05) is 50.1 Å². The minimum absolute atomic E-state index is 0.273. The predicted molar refractivity (Wildman–Crippen MR) is 103 cm³/mol. The molecule has 148 valence electrons. The molecule has 1 saturated heterocycles. The molecule has 2 heterocycles. The van der Waals surface area contributed by atoms with E-state index in [2.05, 4.69) is 5.32 Å². The lowest BCUT2D eigenvalue weighted by molar-refractivity contribution is -0.139. The van der Waals surface area contributed by atoms with E-state index in [0.717, 1.165) is 23.3 Å². The Morgan fingerprint density at radius 1 is 1.18 bits per heavy atom. The largest absolute Gasteiger partial charge is 0.467 e. The lowest BCUT2D eigenvalue weighted by Crippen LogP contribution is -2.45.